The summed E-state index contributed by atoms with van der Waals surface area (Å²) in [6.07, 6.45) is 12.6. The van der Waals surface area contributed by atoms with Crippen molar-refractivity contribution in [1.29, 1.82) is 0 Å². The first kappa shape index (κ1) is 21.1. The highest BCUT2D eigenvalue weighted by atomic mass is 35.5. The number of carbonyl (C=O) groups is 1. The van der Waals surface area contributed by atoms with Crippen molar-refractivity contribution in [2.45, 2.75) is 70.0 Å². The summed E-state index contributed by atoms with van der Waals surface area (Å²) in [5.74, 6) is 0.639. The molecule has 2 rings (SSSR count). The summed E-state index contributed by atoms with van der Waals surface area (Å²) in [5, 5.41) is 21.2. The van der Waals surface area contributed by atoms with Gasteiger partial charge < -0.3 is 15.0 Å². The van der Waals surface area contributed by atoms with Crippen LogP contribution in [0, 0.1) is 11.8 Å². The first-order chi connectivity index (χ1) is 12.6. The second-order valence-electron chi connectivity index (χ2n) is 7.41. The molecule has 0 radical (unpaired) electrons. The average Bonchev–Trinajstić information content (AvgIpc) is 2.98. The van der Waals surface area contributed by atoms with E-state index in [0.29, 0.717) is 29.7 Å². The molecule has 4 heteroatoms. The van der Waals surface area contributed by atoms with Crippen molar-refractivity contribution in [2.24, 2.45) is 11.8 Å². The molecule has 2 N–H and O–H groups in total. The topological polar surface area (TPSA) is 57.5 Å². The van der Waals surface area contributed by atoms with Crippen molar-refractivity contribution < 1.29 is 15.0 Å². The monoisotopic (exact) mass is 378 g/mol. The Bertz CT molecular complexity index is 555. The number of carbonyl (C=O) groups excluding carboxylic acids is 1. The molecule has 0 unspecified atom stereocenters. The molecule has 1 aliphatic carbocycles. The van der Waals surface area contributed by atoms with Gasteiger partial charge in [-0.05, 0) is 55.2 Å². The maximum Gasteiger partial charge on any atom is 0.119 e. The van der Waals surface area contributed by atoms with Gasteiger partial charge in [-0.1, -0.05) is 55.1 Å². The van der Waals surface area contributed by atoms with Crippen LogP contribution in [0.3, 0.4) is 0 Å². The third kappa shape index (κ3) is 7.22. The zero-order valence-corrected chi connectivity index (χ0v) is 16.2. The molecule has 26 heavy (non-hydrogen) atoms. The van der Waals surface area contributed by atoms with Crippen molar-refractivity contribution in [3.05, 3.63) is 47.0 Å². The van der Waals surface area contributed by atoms with Crippen LogP contribution in [0.5, 0.6) is 0 Å². The van der Waals surface area contributed by atoms with E-state index < -0.39 is 6.10 Å². The highest BCUT2D eigenvalue weighted by molar-refractivity contribution is 6.30. The minimum Gasteiger partial charge on any atom is -0.393 e. The summed E-state index contributed by atoms with van der Waals surface area (Å²) in [5.41, 5.74) is 1.06. The Balaban J connectivity index is 1.77. The molecule has 0 aliphatic heterocycles. The highest BCUT2D eigenvalue weighted by Gasteiger charge is 2.32. The van der Waals surface area contributed by atoms with E-state index in [4.69, 9.17) is 11.6 Å². The van der Waals surface area contributed by atoms with Crippen molar-refractivity contribution in [3.8, 4) is 0 Å². The number of hydrogen-bond donors (Lipinski definition) is 2. The predicted octanol–water partition coefficient (Wildman–Crippen LogP) is 4.73. The van der Waals surface area contributed by atoms with Gasteiger partial charge in [0, 0.05) is 17.9 Å². The fourth-order valence-corrected chi connectivity index (χ4v) is 4.01. The number of benzene rings is 1. The van der Waals surface area contributed by atoms with Gasteiger partial charge >= 0.3 is 0 Å². The number of hydrogen-bond acceptors (Lipinski definition) is 3. The van der Waals surface area contributed by atoms with Gasteiger partial charge in [-0.25, -0.2) is 0 Å². The Morgan fingerprint density at radius 2 is 1.85 bits per heavy atom. The fraction of sp³-hybridized carbons (Fsp3) is 0.591. The molecule has 1 fully saturated rings. The highest BCUT2D eigenvalue weighted by Crippen LogP contribution is 2.36. The summed E-state index contributed by atoms with van der Waals surface area (Å²) < 4.78 is 0. The Labute approximate surface area is 162 Å². The summed E-state index contributed by atoms with van der Waals surface area (Å²) in [6.45, 7) is 0. The smallest absolute Gasteiger partial charge is 0.119 e. The maximum atomic E-state index is 10.3. The van der Waals surface area contributed by atoms with Crippen molar-refractivity contribution >= 4 is 17.9 Å². The molecule has 0 spiro atoms. The molecule has 4 atom stereocenters. The number of aliphatic hydroxyl groups is 2. The van der Waals surface area contributed by atoms with E-state index in [9.17, 15) is 15.0 Å². The minimum absolute atomic E-state index is 0.229. The number of allylic oxidation sites excluding steroid dienone is 1. The molecule has 0 aromatic heterocycles. The van der Waals surface area contributed by atoms with Gasteiger partial charge in [-0.15, -0.1) is 0 Å². The summed E-state index contributed by atoms with van der Waals surface area (Å²) in [6, 6.07) is 7.55. The standard InChI is InChI=1S/C22H31ClO3/c23-19-11-7-17(8-12-19)16-20(25)13-9-18-10-14-22(26)21(18)6-4-2-1-3-5-15-24/h7-9,11-13,15,18,20-22,25-26H,1-6,10,14,16H2/b13-9+/t18-,20+,21+,22-/m0/s1. The molecule has 0 amide bonds. The van der Waals surface area contributed by atoms with Gasteiger partial charge in [-0.2, -0.15) is 0 Å². The van der Waals surface area contributed by atoms with Crippen LogP contribution in [0.2, 0.25) is 5.02 Å². The van der Waals surface area contributed by atoms with E-state index in [2.05, 4.69) is 6.08 Å². The molecule has 0 heterocycles. The number of aliphatic hydroxyl groups excluding tert-OH is 2. The number of halogens is 1. The molecule has 1 aromatic rings. The quantitative estimate of drug-likeness (QED) is 0.332. The molecule has 3 nitrogen and oxygen atoms in total. The SMILES string of the molecule is O=CCCCCCC[C@H]1[C@@H](O)CC[C@@H]1/C=C/[C@@H](O)Cc1ccc(Cl)cc1. The van der Waals surface area contributed by atoms with Gasteiger partial charge in [0.15, 0.2) is 0 Å². The third-order valence-electron chi connectivity index (χ3n) is 5.39. The van der Waals surface area contributed by atoms with Gasteiger partial charge in [0.1, 0.15) is 6.29 Å². The molecule has 1 saturated carbocycles. The zero-order valence-electron chi connectivity index (χ0n) is 15.4. The number of aldehydes is 1. The van der Waals surface area contributed by atoms with Crippen LogP contribution in [-0.4, -0.2) is 28.7 Å². The van der Waals surface area contributed by atoms with E-state index >= 15 is 0 Å². The van der Waals surface area contributed by atoms with Crippen molar-refractivity contribution in [1.82, 2.24) is 0 Å². The Morgan fingerprint density at radius 3 is 2.58 bits per heavy atom. The van der Waals surface area contributed by atoms with E-state index in [0.717, 1.165) is 56.8 Å². The van der Waals surface area contributed by atoms with Crippen molar-refractivity contribution in [2.75, 3.05) is 0 Å². The van der Waals surface area contributed by atoms with Gasteiger partial charge in [-0.3, -0.25) is 0 Å². The molecular weight excluding hydrogens is 348 g/mol. The largest absolute Gasteiger partial charge is 0.393 e. The Hall–Kier alpha value is -1.16. The van der Waals surface area contributed by atoms with Crippen LogP contribution in [0.4, 0.5) is 0 Å². The molecule has 144 valence electrons. The zero-order chi connectivity index (χ0) is 18.8. The van der Waals surface area contributed by atoms with E-state index in [1.807, 2.05) is 30.3 Å². The lowest BCUT2D eigenvalue weighted by atomic mass is 9.88. The molecular formula is C22H31ClO3. The summed E-state index contributed by atoms with van der Waals surface area (Å²) >= 11 is 5.89. The maximum absolute atomic E-state index is 10.3. The second-order valence-corrected chi connectivity index (χ2v) is 7.85. The molecule has 1 aliphatic rings. The van der Waals surface area contributed by atoms with E-state index in [1.165, 1.54) is 0 Å². The number of rotatable bonds is 11. The lowest BCUT2D eigenvalue weighted by Gasteiger charge is -2.20. The van der Waals surface area contributed by atoms with Crippen LogP contribution < -0.4 is 0 Å². The van der Waals surface area contributed by atoms with Crippen LogP contribution in [0.25, 0.3) is 0 Å². The van der Waals surface area contributed by atoms with Gasteiger partial charge in [0.2, 0.25) is 0 Å². The second kappa shape index (κ2) is 11.5. The predicted molar refractivity (Wildman–Crippen MR) is 106 cm³/mol. The summed E-state index contributed by atoms with van der Waals surface area (Å²) in [7, 11) is 0. The Kier molecular flexibility index (Phi) is 9.38. The van der Waals surface area contributed by atoms with Crippen molar-refractivity contribution in [3.63, 3.8) is 0 Å². The lowest BCUT2D eigenvalue weighted by molar-refractivity contribution is -0.107. The van der Waals surface area contributed by atoms with Crippen LogP contribution in [0.15, 0.2) is 36.4 Å². The lowest BCUT2D eigenvalue weighted by Crippen LogP contribution is -2.18. The number of unbranched alkanes of at least 4 members (excludes halogenated alkanes) is 4. The van der Waals surface area contributed by atoms with Gasteiger partial charge in [0.05, 0.1) is 12.2 Å². The van der Waals surface area contributed by atoms with Crippen LogP contribution in [0.1, 0.15) is 56.9 Å². The normalized spacial score (nSPS) is 24.2. The van der Waals surface area contributed by atoms with Crippen LogP contribution in [-0.2, 0) is 11.2 Å². The van der Waals surface area contributed by atoms with E-state index in [-0.39, 0.29) is 6.10 Å². The average molecular weight is 379 g/mol. The first-order valence-corrected chi connectivity index (χ1v) is 10.2. The van der Waals surface area contributed by atoms with E-state index in [1.54, 1.807) is 0 Å². The molecule has 1 aromatic carbocycles. The van der Waals surface area contributed by atoms with Crippen LogP contribution >= 0.6 is 11.6 Å². The summed E-state index contributed by atoms with van der Waals surface area (Å²) in [4.78, 5) is 10.3. The molecule has 0 saturated heterocycles. The third-order valence-corrected chi connectivity index (χ3v) is 5.64. The van der Waals surface area contributed by atoms with Gasteiger partial charge in [0.25, 0.3) is 0 Å². The molecule has 0 bridgehead atoms. The first-order valence-electron chi connectivity index (χ1n) is 9.82. The Morgan fingerprint density at radius 1 is 1.12 bits per heavy atom. The minimum atomic E-state index is -0.516. The fourth-order valence-electron chi connectivity index (χ4n) is 3.88.